The average molecular weight is 293 g/mol. The van der Waals surface area contributed by atoms with Gasteiger partial charge in [-0.2, -0.15) is 0 Å². The van der Waals surface area contributed by atoms with E-state index in [9.17, 15) is 14.9 Å². The van der Waals surface area contributed by atoms with Crippen LogP contribution in [0.5, 0.6) is 5.75 Å². The SMILES string of the molecule is CC(C)(COc1cc(=O)oc2ccccc12)CO[N+](=O)[O-]. The van der Waals surface area contributed by atoms with E-state index < -0.39 is 16.1 Å². The molecule has 112 valence electrons. The molecule has 0 bridgehead atoms. The lowest BCUT2D eigenvalue weighted by Crippen LogP contribution is -2.28. The molecule has 0 N–H and O–H groups in total. The normalized spacial score (nSPS) is 11.3. The van der Waals surface area contributed by atoms with Crippen molar-refractivity contribution in [3.05, 3.63) is 50.9 Å². The van der Waals surface area contributed by atoms with Crippen molar-refractivity contribution in [1.82, 2.24) is 0 Å². The Bertz CT molecular complexity index is 706. The average Bonchev–Trinajstić information content (AvgIpc) is 2.43. The molecule has 0 fully saturated rings. The number of nitrogens with zero attached hydrogens (tertiary/aromatic N) is 1. The van der Waals surface area contributed by atoms with E-state index in [1.165, 1.54) is 6.07 Å². The Balaban J connectivity index is 2.16. The van der Waals surface area contributed by atoms with Crippen LogP contribution >= 0.6 is 0 Å². The van der Waals surface area contributed by atoms with E-state index in [2.05, 4.69) is 4.84 Å². The van der Waals surface area contributed by atoms with Gasteiger partial charge in [-0.05, 0) is 12.1 Å². The van der Waals surface area contributed by atoms with Gasteiger partial charge in [0.05, 0.1) is 18.1 Å². The Morgan fingerprint density at radius 2 is 2.00 bits per heavy atom. The predicted octanol–water partition coefficient (Wildman–Crippen LogP) is 2.41. The van der Waals surface area contributed by atoms with Gasteiger partial charge in [-0.15, -0.1) is 10.1 Å². The van der Waals surface area contributed by atoms with Crippen molar-refractivity contribution >= 4 is 11.0 Å². The van der Waals surface area contributed by atoms with E-state index in [0.29, 0.717) is 16.7 Å². The fourth-order valence-electron chi connectivity index (χ4n) is 1.74. The molecule has 0 amide bonds. The lowest BCUT2D eigenvalue weighted by atomic mass is 9.96. The first-order valence-corrected chi connectivity index (χ1v) is 6.30. The number of ether oxygens (including phenoxy) is 1. The van der Waals surface area contributed by atoms with Crippen LogP contribution in [-0.4, -0.2) is 18.3 Å². The summed E-state index contributed by atoms with van der Waals surface area (Å²) >= 11 is 0. The van der Waals surface area contributed by atoms with Crippen LogP contribution < -0.4 is 10.4 Å². The lowest BCUT2D eigenvalue weighted by molar-refractivity contribution is -0.760. The van der Waals surface area contributed by atoms with Crippen molar-refractivity contribution in [2.45, 2.75) is 13.8 Å². The maximum atomic E-state index is 11.5. The van der Waals surface area contributed by atoms with Crippen LogP contribution in [0.25, 0.3) is 11.0 Å². The molecular formula is C14H15NO6. The predicted molar refractivity (Wildman–Crippen MR) is 74.7 cm³/mol. The summed E-state index contributed by atoms with van der Waals surface area (Å²) in [4.78, 5) is 26.1. The summed E-state index contributed by atoms with van der Waals surface area (Å²) in [6, 6.07) is 8.26. The van der Waals surface area contributed by atoms with Gasteiger partial charge in [-0.1, -0.05) is 26.0 Å². The van der Waals surface area contributed by atoms with Gasteiger partial charge in [0.2, 0.25) is 0 Å². The van der Waals surface area contributed by atoms with Gasteiger partial charge < -0.3 is 14.0 Å². The molecule has 0 spiro atoms. The molecule has 0 aliphatic carbocycles. The third-order valence-electron chi connectivity index (χ3n) is 2.79. The van der Waals surface area contributed by atoms with Crippen molar-refractivity contribution in [2.24, 2.45) is 5.41 Å². The van der Waals surface area contributed by atoms with E-state index in [1.54, 1.807) is 38.1 Å². The van der Waals surface area contributed by atoms with Crippen LogP contribution in [0.3, 0.4) is 0 Å². The fourth-order valence-corrected chi connectivity index (χ4v) is 1.74. The van der Waals surface area contributed by atoms with Gasteiger partial charge in [0, 0.05) is 5.41 Å². The molecule has 2 rings (SSSR count). The molecule has 0 unspecified atom stereocenters. The summed E-state index contributed by atoms with van der Waals surface area (Å²) in [5.74, 6) is 0.385. The van der Waals surface area contributed by atoms with E-state index in [1.807, 2.05) is 0 Å². The Kier molecular flexibility index (Phi) is 4.11. The molecule has 7 heteroatoms. The zero-order valence-electron chi connectivity index (χ0n) is 11.7. The summed E-state index contributed by atoms with van der Waals surface area (Å²) in [7, 11) is 0. The highest BCUT2D eigenvalue weighted by molar-refractivity contribution is 5.82. The quantitative estimate of drug-likeness (QED) is 0.461. The highest BCUT2D eigenvalue weighted by Crippen LogP contribution is 2.25. The maximum absolute atomic E-state index is 11.5. The number of rotatable bonds is 6. The van der Waals surface area contributed by atoms with Crippen molar-refractivity contribution in [3.63, 3.8) is 0 Å². The first kappa shape index (κ1) is 14.8. The van der Waals surface area contributed by atoms with Gasteiger partial charge in [0.15, 0.2) is 0 Å². The zero-order valence-corrected chi connectivity index (χ0v) is 11.7. The maximum Gasteiger partial charge on any atom is 0.339 e. The molecule has 21 heavy (non-hydrogen) atoms. The highest BCUT2D eigenvalue weighted by Gasteiger charge is 2.22. The molecular weight excluding hydrogens is 278 g/mol. The second-order valence-corrected chi connectivity index (χ2v) is 5.38. The summed E-state index contributed by atoms with van der Waals surface area (Å²) in [5, 5.41) is 10.1. The minimum atomic E-state index is -0.839. The topological polar surface area (TPSA) is 91.8 Å². The molecule has 0 aliphatic rings. The second kappa shape index (κ2) is 5.82. The molecule has 1 aromatic heterocycles. The summed E-state index contributed by atoms with van der Waals surface area (Å²) in [6.45, 7) is 3.60. The monoisotopic (exact) mass is 293 g/mol. The second-order valence-electron chi connectivity index (χ2n) is 5.38. The van der Waals surface area contributed by atoms with Gasteiger partial charge in [0.25, 0.3) is 5.09 Å². The summed E-state index contributed by atoms with van der Waals surface area (Å²) in [6.07, 6.45) is 0. The third kappa shape index (κ3) is 3.95. The smallest absolute Gasteiger partial charge is 0.339 e. The van der Waals surface area contributed by atoms with Crippen molar-refractivity contribution in [1.29, 1.82) is 0 Å². The lowest BCUT2D eigenvalue weighted by Gasteiger charge is -2.23. The molecule has 7 nitrogen and oxygen atoms in total. The van der Waals surface area contributed by atoms with Crippen LogP contribution in [0.2, 0.25) is 0 Å². The van der Waals surface area contributed by atoms with Crippen molar-refractivity contribution in [2.75, 3.05) is 13.2 Å². The zero-order chi connectivity index (χ0) is 15.5. The van der Waals surface area contributed by atoms with Crippen LogP contribution in [0.4, 0.5) is 0 Å². The van der Waals surface area contributed by atoms with E-state index in [-0.39, 0.29) is 13.2 Å². The first-order valence-electron chi connectivity index (χ1n) is 6.30. The Hall–Kier alpha value is -2.57. The Morgan fingerprint density at radius 3 is 2.71 bits per heavy atom. The summed E-state index contributed by atoms with van der Waals surface area (Å²) in [5.41, 5.74) is -0.660. The minimum absolute atomic E-state index is 0.0978. The van der Waals surface area contributed by atoms with Gasteiger partial charge >= 0.3 is 5.63 Å². The molecule has 0 atom stereocenters. The Morgan fingerprint density at radius 1 is 1.29 bits per heavy atom. The number of hydrogen-bond donors (Lipinski definition) is 0. The number of hydrogen-bond acceptors (Lipinski definition) is 6. The van der Waals surface area contributed by atoms with Crippen LogP contribution in [0.1, 0.15) is 13.8 Å². The molecule has 0 saturated carbocycles. The fraction of sp³-hybridized carbons (Fsp3) is 0.357. The highest BCUT2D eigenvalue weighted by atomic mass is 16.9. The summed E-state index contributed by atoms with van der Waals surface area (Å²) < 4.78 is 10.7. The largest absolute Gasteiger partial charge is 0.492 e. The van der Waals surface area contributed by atoms with E-state index >= 15 is 0 Å². The molecule has 2 aromatic rings. The first-order chi connectivity index (χ1) is 9.87. The Labute approximate surface area is 120 Å². The minimum Gasteiger partial charge on any atom is -0.492 e. The van der Waals surface area contributed by atoms with Gasteiger partial charge in [-0.25, -0.2) is 4.79 Å². The number of benzene rings is 1. The van der Waals surface area contributed by atoms with Crippen molar-refractivity contribution in [3.8, 4) is 5.75 Å². The molecule has 0 saturated heterocycles. The van der Waals surface area contributed by atoms with Crippen LogP contribution in [-0.2, 0) is 4.84 Å². The number of fused-ring (bicyclic) bond motifs is 1. The van der Waals surface area contributed by atoms with Crippen LogP contribution in [0.15, 0.2) is 39.5 Å². The van der Waals surface area contributed by atoms with E-state index in [0.717, 1.165) is 0 Å². The van der Waals surface area contributed by atoms with E-state index in [4.69, 9.17) is 9.15 Å². The van der Waals surface area contributed by atoms with Crippen LogP contribution in [0, 0.1) is 15.5 Å². The van der Waals surface area contributed by atoms with Gasteiger partial charge in [0.1, 0.15) is 17.9 Å². The number of para-hydroxylation sites is 1. The molecule has 0 aliphatic heterocycles. The molecule has 0 radical (unpaired) electrons. The standard InChI is InChI=1S/C14H15NO6/c1-14(2,9-20-15(17)18)8-19-12-7-13(16)21-11-6-4-3-5-10(11)12/h3-7H,8-9H2,1-2H3. The van der Waals surface area contributed by atoms with Crippen molar-refractivity contribution < 1.29 is 19.1 Å². The van der Waals surface area contributed by atoms with Gasteiger partial charge in [-0.3, -0.25) is 0 Å². The molecule has 1 aromatic carbocycles. The molecule has 1 heterocycles. The third-order valence-corrected chi connectivity index (χ3v) is 2.79.